The fourth-order valence-electron chi connectivity index (χ4n) is 2.73. The molecule has 4 heteroatoms. The highest BCUT2D eigenvalue weighted by molar-refractivity contribution is 5.76. The average molecular weight is 225 g/mol. The van der Waals surface area contributed by atoms with Crippen molar-refractivity contribution < 1.29 is 4.79 Å². The van der Waals surface area contributed by atoms with Gasteiger partial charge in [0.05, 0.1) is 0 Å². The third-order valence-electron chi connectivity index (χ3n) is 3.87. The van der Waals surface area contributed by atoms with Crippen LogP contribution >= 0.6 is 0 Å². The minimum atomic E-state index is 0.296. The molecule has 0 aromatic heterocycles. The monoisotopic (exact) mass is 225 g/mol. The Labute approximate surface area is 97.8 Å². The molecule has 2 heterocycles. The zero-order chi connectivity index (χ0) is 11.5. The van der Waals surface area contributed by atoms with Crippen LogP contribution in [0.5, 0.6) is 0 Å². The van der Waals surface area contributed by atoms with Crippen LogP contribution < -0.4 is 5.73 Å². The second kappa shape index (κ2) is 5.15. The van der Waals surface area contributed by atoms with Crippen molar-refractivity contribution in [3.63, 3.8) is 0 Å². The molecule has 0 saturated carbocycles. The first-order valence-electron chi connectivity index (χ1n) is 6.42. The predicted molar refractivity (Wildman–Crippen MR) is 64.0 cm³/mol. The molecule has 0 aromatic rings. The number of nitrogens with two attached hydrogens (primary N) is 1. The molecule has 2 atom stereocenters. The summed E-state index contributed by atoms with van der Waals surface area (Å²) in [6.45, 7) is 6.79. The Kier molecular flexibility index (Phi) is 3.82. The average Bonchev–Trinajstić information content (AvgIpc) is 2.75. The van der Waals surface area contributed by atoms with Crippen molar-refractivity contribution in [2.24, 2.45) is 11.7 Å². The molecule has 0 bridgehead atoms. The third kappa shape index (κ3) is 2.55. The third-order valence-corrected chi connectivity index (χ3v) is 3.87. The maximum atomic E-state index is 12.0. The van der Waals surface area contributed by atoms with E-state index in [0.29, 0.717) is 30.8 Å². The molecule has 0 radical (unpaired) electrons. The van der Waals surface area contributed by atoms with Gasteiger partial charge in [0.25, 0.3) is 0 Å². The van der Waals surface area contributed by atoms with Gasteiger partial charge in [0.15, 0.2) is 0 Å². The van der Waals surface area contributed by atoms with E-state index in [1.165, 1.54) is 19.4 Å². The minimum Gasteiger partial charge on any atom is -0.340 e. The SMILES string of the molecule is CC(CN)CC(=O)N1CCN2CCCC2C1. The lowest BCUT2D eigenvalue weighted by molar-refractivity contribution is -0.134. The molecular weight excluding hydrogens is 202 g/mol. The molecule has 0 aliphatic carbocycles. The van der Waals surface area contributed by atoms with E-state index in [-0.39, 0.29) is 0 Å². The number of carbonyl (C=O) groups excluding carboxylic acids is 1. The fourth-order valence-corrected chi connectivity index (χ4v) is 2.73. The highest BCUT2D eigenvalue weighted by Crippen LogP contribution is 2.22. The van der Waals surface area contributed by atoms with Gasteiger partial charge in [-0.1, -0.05) is 6.92 Å². The number of fused-ring (bicyclic) bond motifs is 1. The van der Waals surface area contributed by atoms with E-state index in [9.17, 15) is 4.79 Å². The van der Waals surface area contributed by atoms with E-state index in [1.54, 1.807) is 0 Å². The number of hydrogen-bond acceptors (Lipinski definition) is 3. The standard InChI is InChI=1S/C12H23N3O/c1-10(8-13)7-12(16)15-6-5-14-4-2-3-11(14)9-15/h10-11H,2-9,13H2,1H3. The summed E-state index contributed by atoms with van der Waals surface area (Å²) in [6.07, 6.45) is 3.17. The van der Waals surface area contributed by atoms with Gasteiger partial charge in [0.2, 0.25) is 5.91 Å². The van der Waals surface area contributed by atoms with E-state index in [1.807, 2.05) is 11.8 Å². The summed E-state index contributed by atoms with van der Waals surface area (Å²) in [5.74, 6) is 0.610. The zero-order valence-corrected chi connectivity index (χ0v) is 10.2. The van der Waals surface area contributed by atoms with Crippen LogP contribution in [0.25, 0.3) is 0 Å². The number of carbonyl (C=O) groups is 1. The van der Waals surface area contributed by atoms with E-state index >= 15 is 0 Å². The van der Waals surface area contributed by atoms with Crippen LogP contribution in [-0.4, -0.2) is 54.5 Å². The Morgan fingerprint density at radius 3 is 3.00 bits per heavy atom. The molecule has 2 N–H and O–H groups in total. The Hall–Kier alpha value is -0.610. The molecule has 2 unspecified atom stereocenters. The largest absolute Gasteiger partial charge is 0.340 e. The van der Waals surface area contributed by atoms with Gasteiger partial charge in [-0.05, 0) is 31.8 Å². The predicted octanol–water partition coefficient (Wildman–Crippen LogP) is 0.278. The molecule has 16 heavy (non-hydrogen) atoms. The maximum absolute atomic E-state index is 12.0. The van der Waals surface area contributed by atoms with E-state index < -0.39 is 0 Å². The molecule has 0 spiro atoms. The second-order valence-electron chi connectivity index (χ2n) is 5.22. The topological polar surface area (TPSA) is 49.6 Å². The van der Waals surface area contributed by atoms with Crippen molar-refractivity contribution in [1.29, 1.82) is 0 Å². The normalized spacial score (nSPS) is 27.9. The van der Waals surface area contributed by atoms with Crippen LogP contribution in [0.15, 0.2) is 0 Å². The number of amides is 1. The molecule has 92 valence electrons. The van der Waals surface area contributed by atoms with Gasteiger partial charge >= 0.3 is 0 Å². The van der Waals surface area contributed by atoms with Gasteiger partial charge in [0, 0.05) is 32.1 Å². The van der Waals surface area contributed by atoms with Crippen molar-refractivity contribution in [3.8, 4) is 0 Å². The highest BCUT2D eigenvalue weighted by atomic mass is 16.2. The van der Waals surface area contributed by atoms with Crippen LogP contribution in [0.4, 0.5) is 0 Å². The summed E-state index contributed by atoms with van der Waals surface area (Å²) in [7, 11) is 0. The molecule has 1 amide bonds. The van der Waals surface area contributed by atoms with Crippen molar-refractivity contribution >= 4 is 5.91 Å². The molecule has 2 fully saturated rings. The first-order valence-corrected chi connectivity index (χ1v) is 6.42. The summed E-state index contributed by atoms with van der Waals surface area (Å²) >= 11 is 0. The summed E-state index contributed by atoms with van der Waals surface area (Å²) in [5, 5.41) is 0. The summed E-state index contributed by atoms with van der Waals surface area (Å²) in [4.78, 5) is 16.6. The van der Waals surface area contributed by atoms with Crippen LogP contribution in [0.3, 0.4) is 0 Å². The first-order chi connectivity index (χ1) is 7.70. The van der Waals surface area contributed by atoms with Gasteiger partial charge in [-0.3, -0.25) is 9.69 Å². The highest BCUT2D eigenvalue weighted by Gasteiger charge is 2.32. The van der Waals surface area contributed by atoms with Crippen LogP contribution in [-0.2, 0) is 4.79 Å². The lowest BCUT2D eigenvalue weighted by atomic mass is 10.1. The fraction of sp³-hybridized carbons (Fsp3) is 0.917. The van der Waals surface area contributed by atoms with Crippen LogP contribution in [0, 0.1) is 5.92 Å². The Morgan fingerprint density at radius 1 is 1.44 bits per heavy atom. The van der Waals surface area contributed by atoms with Gasteiger partial charge in [-0.2, -0.15) is 0 Å². The number of hydrogen-bond donors (Lipinski definition) is 1. The molecular formula is C12H23N3O. The number of piperazine rings is 1. The Bertz CT molecular complexity index is 257. The molecule has 2 saturated heterocycles. The van der Waals surface area contributed by atoms with E-state index in [0.717, 1.165) is 19.6 Å². The summed E-state index contributed by atoms with van der Waals surface area (Å²) < 4.78 is 0. The summed E-state index contributed by atoms with van der Waals surface area (Å²) in [6, 6.07) is 0.630. The van der Waals surface area contributed by atoms with Crippen molar-refractivity contribution in [2.75, 3.05) is 32.7 Å². The second-order valence-corrected chi connectivity index (χ2v) is 5.22. The number of rotatable bonds is 3. The molecule has 2 rings (SSSR count). The molecule has 0 aromatic carbocycles. The lowest BCUT2D eigenvalue weighted by Gasteiger charge is -2.37. The van der Waals surface area contributed by atoms with Crippen molar-refractivity contribution in [1.82, 2.24) is 9.80 Å². The lowest BCUT2D eigenvalue weighted by Crippen LogP contribution is -2.52. The van der Waals surface area contributed by atoms with Crippen LogP contribution in [0.1, 0.15) is 26.2 Å². The van der Waals surface area contributed by atoms with Crippen molar-refractivity contribution in [2.45, 2.75) is 32.2 Å². The van der Waals surface area contributed by atoms with Crippen molar-refractivity contribution in [3.05, 3.63) is 0 Å². The zero-order valence-electron chi connectivity index (χ0n) is 10.2. The maximum Gasteiger partial charge on any atom is 0.222 e. The minimum absolute atomic E-state index is 0.296. The van der Waals surface area contributed by atoms with Gasteiger partial charge in [-0.25, -0.2) is 0 Å². The van der Waals surface area contributed by atoms with Crippen LogP contribution in [0.2, 0.25) is 0 Å². The van der Waals surface area contributed by atoms with Gasteiger partial charge < -0.3 is 10.6 Å². The molecule has 4 nitrogen and oxygen atoms in total. The first kappa shape index (κ1) is 11.9. The van der Waals surface area contributed by atoms with E-state index in [2.05, 4.69) is 4.90 Å². The van der Waals surface area contributed by atoms with Gasteiger partial charge in [0.1, 0.15) is 0 Å². The number of nitrogens with zero attached hydrogens (tertiary/aromatic N) is 2. The Morgan fingerprint density at radius 2 is 2.25 bits per heavy atom. The molecule has 2 aliphatic rings. The quantitative estimate of drug-likeness (QED) is 0.750. The Balaban J connectivity index is 1.84. The summed E-state index contributed by atoms with van der Waals surface area (Å²) in [5.41, 5.74) is 5.56. The van der Waals surface area contributed by atoms with Gasteiger partial charge in [-0.15, -0.1) is 0 Å². The smallest absolute Gasteiger partial charge is 0.222 e. The molecule has 2 aliphatic heterocycles. The van der Waals surface area contributed by atoms with E-state index in [4.69, 9.17) is 5.73 Å².